The predicted octanol–water partition coefficient (Wildman–Crippen LogP) is 5.70. The Morgan fingerprint density at radius 3 is 1.82 bits per heavy atom. The number of rotatable bonds is 9. The highest BCUT2D eigenvalue weighted by Gasteiger charge is 2.39. The van der Waals surface area contributed by atoms with E-state index in [-0.39, 0.29) is 5.88 Å². The van der Waals surface area contributed by atoms with Crippen molar-refractivity contribution in [1.82, 2.24) is 0 Å². The van der Waals surface area contributed by atoms with Gasteiger partial charge in [-0.2, -0.15) is 5.26 Å². The Balaban J connectivity index is 1.94. The molecule has 0 saturated carbocycles. The zero-order chi connectivity index (χ0) is 29.0. The van der Waals surface area contributed by atoms with Crippen LogP contribution in [0.5, 0.6) is 34.5 Å². The van der Waals surface area contributed by atoms with Crippen LogP contribution in [-0.2, 0) is 4.74 Å². The van der Waals surface area contributed by atoms with Crippen LogP contribution in [0.4, 0.5) is 0 Å². The molecule has 0 amide bonds. The molecule has 0 fully saturated rings. The molecule has 9 nitrogen and oxygen atoms in total. The SMILES string of the molecule is CCC1CC2=C(OC(N)=C(C#N)C2c2cc(OC)c(OC)c(OC)c2)/C(=C/c2cc(OC)c(OC)c(OC)c2)C1. The third-order valence-electron chi connectivity index (χ3n) is 7.46. The molecule has 2 aromatic rings. The highest BCUT2D eigenvalue weighted by Crippen LogP contribution is 2.51. The molecule has 4 rings (SSSR count). The molecular formula is C31H36N2O7. The maximum absolute atomic E-state index is 10.2. The van der Waals surface area contributed by atoms with Gasteiger partial charge in [-0.3, -0.25) is 0 Å². The molecule has 1 aliphatic carbocycles. The third kappa shape index (κ3) is 5.09. The van der Waals surface area contributed by atoms with Crippen LogP contribution in [0.1, 0.15) is 43.2 Å². The zero-order valence-corrected chi connectivity index (χ0v) is 24.0. The molecule has 2 aromatic carbocycles. The number of hydrogen-bond donors (Lipinski definition) is 1. The van der Waals surface area contributed by atoms with Crippen molar-refractivity contribution in [2.45, 2.75) is 32.1 Å². The lowest BCUT2D eigenvalue weighted by atomic mass is 9.72. The fourth-order valence-corrected chi connectivity index (χ4v) is 5.50. The number of benzene rings is 2. The van der Waals surface area contributed by atoms with Gasteiger partial charge >= 0.3 is 0 Å². The molecule has 212 valence electrons. The largest absolute Gasteiger partial charge is 0.493 e. The van der Waals surface area contributed by atoms with Crippen LogP contribution in [0.25, 0.3) is 6.08 Å². The fourth-order valence-electron chi connectivity index (χ4n) is 5.50. The molecule has 0 spiro atoms. The average molecular weight is 549 g/mol. The predicted molar refractivity (Wildman–Crippen MR) is 151 cm³/mol. The molecular weight excluding hydrogens is 512 g/mol. The minimum atomic E-state index is -0.444. The lowest BCUT2D eigenvalue weighted by Gasteiger charge is -2.36. The summed E-state index contributed by atoms with van der Waals surface area (Å²) in [6.45, 7) is 2.17. The molecule has 9 heteroatoms. The van der Waals surface area contributed by atoms with Crippen LogP contribution in [-0.4, -0.2) is 42.7 Å². The number of nitriles is 1. The van der Waals surface area contributed by atoms with Gasteiger partial charge < -0.3 is 38.9 Å². The maximum atomic E-state index is 10.2. The van der Waals surface area contributed by atoms with Gasteiger partial charge in [-0.15, -0.1) is 0 Å². The van der Waals surface area contributed by atoms with Crippen LogP contribution in [0.15, 0.2) is 52.6 Å². The van der Waals surface area contributed by atoms with Gasteiger partial charge in [0.2, 0.25) is 17.4 Å². The summed E-state index contributed by atoms with van der Waals surface area (Å²) in [5, 5.41) is 10.2. The summed E-state index contributed by atoms with van der Waals surface area (Å²) in [6, 6.07) is 9.81. The maximum Gasteiger partial charge on any atom is 0.205 e. The van der Waals surface area contributed by atoms with Gasteiger partial charge in [0.1, 0.15) is 17.4 Å². The number of nitrogens with two attached hydrogens (primary N) is 1. The van der Waals surface area contributed by atoms with Crippen molar-refractivity contribution in [1.29, 1.82) is 5.26 Å². The highest BCUT2D eigenvalue weighted by atomic mass is 16.5. The summed E-state index contributed by atoms with van der Waals surface area (Å²) < 4.78 is 39.6. The van der Waals surface area contributed by atoms with E-state index in [4.69, 9.17) is 38.9 Å². The minimum Gasteiger partial charge on any atom is -0.493 e. The average Bonchev–Trinajstić information content (AvgIpc) is 2.98. The molecule has 2 N–H and O–H groups in total. The second-order valence-corrected chi connectivity index (χ2v) is 9.55. The van der Waals surface area contributed by atoms with Crippen molar-refractivity contribution in [2.75, 3.05) is 42.7 Å². The molecule has 0 saturated heterocycles. The molecule has 2 unspecified atom stereocenters. The number of hydrogen-bond acceptors (Lipinski definition) is 9. The Morgan fingerprint density at radius 1 is 0.850 bits per heavy atom. The number of nitrogens with zero attached hydrogens (tertiary/aromatic N) is 1. The normalized spacial score (nSPS) is 19.4. The Bertz CT molecular complexity index is 1370. The van der Waals surface area contributed by atoms with Gasteiger partial charge in [-0.05, 0) is 71.4 Å². The zero-order valence-electron chi connectivity index (χ0n) is 24.0. The summed E-state index contributed by atoms with van der Waals surface area (Å²) in [5.41, 5.74) is 10.4. The van der Waals surface area contributed by atoms with Crippen molar-refractivity contribution >= 4 is 6.08 Å². The van der Waals surface area contributed by atoms with E-state index in [2.05, 4.69) is 19.1 Å². The Hall–Kier alpha value is -4.45. The minimum absolute atomic E-state index is 0.0748. The first-order valence-corrected chi connectivity index (χ1v) is 13.0. The Morgan fingerprint density at radius 2 is 1.38 bits per heavy atom. The van der Waals surface area contributed by atoms with E-state index in [1.807, 2.05) is 24.3 Å². The van der Waals surface area contributed by atoms with E-state index < -0.39 is 5.92 Å². The van der Waals surface area contributed by atoms with E-state index in [0.717, 1.165) is 41.5 Å². The first-order chi connectivity index (χ1) is 19.4. The van der Waals surface area contributed by atoms with Gasteiger partial charge in [0.15, 0.2) is 23.0 Å². The van der Waals surface area contributed by atoms with Crippen molar-refractivity contribution in [3.8, 4) is 40.6 Å². The summed E-state index contributed by atoms with van der Waals surface area (Å²) in [4.78, 5) is 0. The summed E-state index contributed by atoms with van der Waals surface area (Å²) in [6.07, 6.45) is 4.53. The quantitative estimate of drug-likeness (QED) is 0.421. The lowest BCUT2D eigenvalue weighted by molar-refractivity contribution is 0.264. The monoisotopic (exact) mass is 548 g/mol. The first-order valence-electron chi connectivity index (χ1n) is 13.0. The van der Waals surface area contributed by atoms with E-state index in [1.54, 1.807) is 42.7 Å². The molecule has 40 heavy (non-hydrogen) atoms. The van der Waals surface area contributed by atoms with Gasteiger partial charge in [-0.25, -0.2) is 0 Å². The summed E-state index contributed by atoms with van der Waals surface area (Å²) in [5.74, 6) is 3.73. The van der Waals surface area contributed by atoms with Gasteiger partial charge in [0.25, 0.3) is 0 Å². The number of methoxy groups -OCH3 is 6. The molecule has 2 aliphatic rings. The Kier molecular flexibility index (Phi) is 8.68. The lowest BCUT2D eigenvalue weighted by Crippen LogP contribution is -2.26. The van der Waals surface area contributed by atoms with Crippen LogP contribution in [0.2, 0.25) is 0 Å². The molecule has 0 bridgehead atoms. The molecule has 1 heterocycles. The van der Waals surface area contributed by atoms with Gasteiger partial charge in [0.05, 0.1) is 42.7 Å². The molecule has 1 aliphatic heterocycles. The van der Waals surface area contributed by atoms with Gasteiger partial charge in [-0.1, -0.05) is 13.3 Å². The van der Waals surface area contributed by atoms with E-state index in [1.165, 1.54) is 0 Å². The third-order valence-corrected chi connectivity index (χ3v) is 7.46. The van der Waals surface area contributed by atoms with Crippen LogP contribution < -0.4 is 34.2 Å². The van der Waals surface area contributed by atoms with E-state index >= 15 is 0 Å². The van der Waals surface area contributed by atoms with Crippen LogP contribution >= 0.6 is 0 Å². The standard InChI is InChI=1S/C31H36N2O7/c1-8-17-9-20(10-18-12-23(34-2)29(38-6)24(13-18)35-3)28-21(11-17)27(22(16-32)31(33)40-28)19-14-25(36-4)30(39-7)26(15-19)37-5/h10,12-15,17,27H,8-9,11,33H2,1-7H3/b20-10+. The van der Waals surface area contributed by atoms with Crippen LogP contribution in [0.3, 0.4) is 0 Å². The van der Waals surface area contributed by atoms with Crippen molar-refractivity contribution in [3.05, 3.63) is 63.8 Å². The van der Waals surface area contributed by atoms with Crippen LogP contribution in [0, 0.1) is 17.2 Å². The summed E-state index contributed by atoms with van der Waals surface area (Å²) >= 11 is 0. The van der Waals surface area contributed by atoms with E-state index in [0.29, 0.717) is 51.7 Å². The smallest absolute Gasteiger partial charge is 0.205 e. The first kappa shape index (κ1) is 28.6. The van der Waals surface area contributed by atoms with Gasteiger partial charge in [0, 0.05) is 5.92 Å². The summed E-state index contributed by atoms with van der Waals surface area (Å²) in [7, 11) is 9.44. The highest BCUT2D eigenvalue weighted by molar-refractivity contribution is 5.68. The fraction of sp³-hybridized carbons (Fsp3) is 0.387. The van der Waals surface area contributed by atoms with Crippen molar-refractivity contribution in [2.24, 2.45) is 11.7 Å². The van der Waals surface area contributed by atoms with E-state index in [9.17, 15) is 5.26 Å². The number of allylic oxidation sites excluding steroid dienone is 3. The Labute approximate surface area is 235 Å². The molecule has 2 atom stereocenters. The van der Waals surface area contributed by atoms with Crippen molar-refractivity contribution in [3.63, 3.8) is 0 Å². The topological polar surface area (TPSA) is 114 Å². The number of ether oxygens (including phenoxy) is 7. The van der Waals surface area contributed by atoms with Crippen molar-refractivity contribution < 1.29 is 33.2 Å². The molecule has 0 radical (unpaired) electrons. The molecule has 0 aromatic heterocycles. The second-order valence-electron chi connectivity index (χ2n) is 9.55. The second kappa shape index (κ2) is 12.2.